The molecular formula is C30H27FN2O3S. The number of para-hydroxylation sites is 1. The van der Waals surface area contributed by atoms with Crippen molar-refractivity contribution in [1.82, 2.24) is 0 Å². The number of ether oxygens (including phenoxy) is 2. The van der Waals surface area contributed by atoms with Gasteiger partial charge in [-0.15, -0.1) is 11.3 Å². The van der Waals surface area contributed by atoms with Crippen LogP contribution in [0.25, 0.3) is 0 Å². The van der Waals surface area contributed by atoms with Crippen molar-refractivity contribution in [2.24, 2.45) is 4.99 Å². The summed E-state index contributed by atoms with van der Waals surface area (Å²) in [6.45, 7) is 0.0943. The van der Waals surface area contributed by atoms with Crippen LogP contribution in [-0.2, 0) is 19.4 Å². The number of nitrogens with one attached hydrogen (secondary N) is 1. The first-order chi connectivity index (χ1) is 18.1. The second-order valence-corrected chi connectivity index (χ2v) is 9.84. The maximum Gasteiger partial charge on any atom is 0.259 e. The third kappa shape index (κ3) is 5.73. The fourth-order valence-electron chi connectivity index (χ4n) is 4.38. The van der Waals surface area contributed by atoms with Crippen molar-refractivity contribution in [3.05, 3.63) is 106 Å². The molecule has 0 fully saturated rings. The average molecular weight is 515 g/mol. The number of thiophene rings is 1. The van der Waals surface area contributed by atoms with Crippen LogP contribution >= 0.6 is 11.3 Å². The average Bonchev–Trinajstić information content (AvgIpc) is 3.31. The Kier molecular flexibility index (Phi) is 7.61. The summed E-state index contributed by atoms with van der Waals surface area (Å²) in [5.41, 5.74) is 3.81. The van der Waals surface area contributed by atoms with Crippen molar-refractivity contribution in [1.29, 1.82) is 0 Å². The summed E-state index contributed by atoms with van der Waals surface area (Å²) in [5, 5.41) is 3.73. The highest BCUT2D eigenvalue weighted by atomic mass is 32.1. The lowest BCUT2D eigenvalue weighted by atomic mass is 9.95. The van der Waals surface area contributed by atoms with Gasteiger partial charge in [-0.1, -0.05) is 36.4 Å². The highest BCUT2D eigenvalue weighted by Gasteiger charge is 2.25. The van der Waals surface area contributed by atoms with Gasteiger partial charge in [0.25, 0.3) is 5.91 Å². The zero-order valence-corrected chi connectivity index (χ0v) is 21.3. The van der Waals surface area contributed by atoms with E-state index in [0.29, 0.717) is 27.6 Å². The number of halogens is 1. The van der Waals surface area contributed by atoms with E-state index in [1.807, 2.05) is 42.5 Å². The molecule has 0 spiro atoms. The normalized spacial score (nSPS) is 12.8. The molecule has 1 heterocycles. The van der Waals surface area contributed by atoms with E-state index in [1.54, 1.807) is 48.9 Å². The lowest BCUT2D eigenvalue weighted by Gasteiger charge is -2.13. The molecule has 5 nitrogen and oxygen atoms in total. The first kappa shape index (κ1) is 24.7. The molecule has 0 radical (unpaired) electrons. The Morgan fingerprint density at radius 2 is 1.81 bits per heavy atom. The SMILES string of the molecule is COc1cc(C=Nc2sc3c(c2C(=O)Nc2ccccc2)CCCC3)ccc1OCc1ccccc1F. The number of carbonyl (C=O) groups is 1. The van der Waals surface area contributed by atoms with Gasteiger partial charge in [-0.2, -0.15) is 0 Å². The number of hydrogen-bond acceptors (Lipinski definition) is 5. The van der Waals surface area contributed by atoms with Gasteiger partial charge < -0.3 is 14.8 Å². The van der Waals surface area contributed by atoms with E-state index in [0.717, 1.165) is 42.5 Å². The molecule has 7 heteroatoms. The molecule has 0 aliphatic heterocycles. The summed E-state index contributed by atoms with van der Waals surface area (Å²) in [4.78, 5) is 19.3. The molecule has 1 amide bonds. The highest BCUT2D eigenvalue weighted by molar-refractivity contribution is 7.16. The maximum atomic E-state index is 13.9. The predicted octanol–water partition coefficient (Wildman–Crippen LogP) is 7.36. The summed E-state index contributed by atoms with van der Waals surface area (Å²) >= 11 is 1.59. The van der Waals surface area contributed by atoms with E-state index in [1.165, 1.54) is 10.9 Å². The summed E-state index contributed by atoms with van der Waals surface area (Å²) in [5.74, 6) is 0.591. The zero-order chi connectivity index (χ0) is 25.6. The lowest BCUT2D eigenvalue weighted by molar-refractivity contribution is 0.102. The Morgan fingerprint density at radius 1 is 1.03 bits per heavy atom. The fourth-order valence-corrected chi connectivity index (χ4v) is 5.61. The molecule has 0 saturated carbocycles. The number of amides is 1. The molecule has 1 aromatic heterocycles. The van der Waals surface area contributed by atoms with Gasteiger partial charge in [0.05, 0.1) is 12.7 Å². The summed E-state index contributed by atoms with van der Waals surface area (Å²) in [7, 11) is 1.56. The number of aryl methyl sites for hydroxylation is 1. The Hall–Kier alpha value is -3.97. The first-order valence-electron chi connectivity index (χ1n) is 12.2. The van der Waals surface area contributed by atoms with Gasteiger partial charge in [0.15, 0.2) is 11.5 Å². The maximum absolute atomic E-state index is 13.9. The number of benzene rings is 3. The molecule has 0 unspecified atom stereocenters. The quantitative estimate of drug-likeness (QED) is 0.250. The smallest absolute Gasteiger partial charge is 0.259 e. The fraction of sp³-hybridized carbons (Fsp3) is 0.200. The Labute approximate surface area is 219 Å². The second kappa shape index (κ2) is 11.4. The zero-order valence-electron chi connectivity index (χ0n) is 20.5. The molecule has 1 aliphatic carbocycles. The number of aliphatic imine (C=N–C) groups is 1. The summed E-state index contributed by atoms with van der Waals surface area (Å²) < 4.78 is 25.3. The van der Waals surface area contributed by atoms with Gasteiger partial charge >= 0.3 is 0 Å². The van der Waals surface area contributed by atoms with Gasteiger partial charge in [0.1, 0.15) is 17.4 Å². The molecular weight excluding hydrogens is 487 g/mol. The van der Waals surface area contributed by atoms with Crippen LogP contribution in [0.1, 0.15) is 44.8 Å². The largest absolute Gasteiger partial charge is 0.493 e. The van der Waals surface area contributed by atoms with Crippen molar-refractivity contribution in [3.63, 3.8) is 0 Å². The molecule has 1 N–H and O–H groups in total. The van der Waals surface area contributed by atoms with E-state index >= 15 is 0 Å². The molecule has 0 atom stereocenters. The van der Waals surface area contributed by atoms with Crippen LogP contribution in [0.5, 0.6) is 11.5 Å². The van der Waals surface area contributed by atoms with E-state index in [-0.39, 0.29) is 18.3 Å². The lowest BCUT2D eigenvalue weighted by Crippen LogP contribution is -2.14. The molecule has 5 rings (SSSR count). The number of carbonyl (C=O) groups excluding carboxylic acids is 1. The second-order valence-electron chi connectivity index (χ2n) is 8.76. The number of hydrogen-bond donors (Lipinski definition) is 1. The highest BCUT2D eigenvalue weighted by Crippen LogP contribution is 2.40. The van der Waals surface area contributed by atoms with E-state index in [9.17, 15) is 9.18 Å². The first-order valence-corrected chi connectivity index (χ1v) is 13.0. The van der Waals surface area contributed by atoms with E-state index in [2.05, 4.69) is 5.32 Å². The molecule has 0 bridgehead atoms. The van der Waals surface area contributed by atoms with Gasteiger partial charge in [0, 0.05) is 22.3 Å². The van der Waals surface area contributed by atoms with Crippen LogP contribution in [0.3, 0.4) is 0 Å². The summed E-state index contributed by atoms with van der Waals surface area (Å²) in [6.07, 6.45) is 5.80. The van der Waals surface area contributed by atoms with Crippen LogP contribution in [0.2, 0.25) is 0 Å². The van der Waals surface area contributed by atoms with Crippen LogP contribution in [-0.4, -0.2) is 19.2 Å². The Bertz CT molecular complexity index is 1430. The van der Waals surface area contributed by atoms with Crippen LogP contribution in [0, 0.1) is 5.82 Å². The topological polar surface area (TPSA) is 59.9 Å². The predicted molar refractivity (Wildman–Crippen MR) is 146 cm³/mol. The number of nitrogens with zero attached hydrogens (tertiary/aromatic N) is 1. The number of rotatable bonds is 8. The number of fused-ring (bicyclic) bond motifs is 1. The molecule has 37 heavy (non-hydrogen) atoms. The van der Waals surface area contributed by atoms with Crippen molar-refractivity contribution in [3.8, 4) is 11.5 Å². The van der Waals surface area contributed by atoms with Crippen LogP contribution in [0.4, 0.5) is 15.1 Å². The Balaban J connectivity index is 1.38. The van der Waals surface area contributed by atoms with Crippen molar-refractivity contribution < 1.29 is 18.7 Å². The molecule has 188 valence electrons. The van der Waals surface area contributed by atoms with Crippen molar-refractivity contribution in [2.75, 3.05) is 12.4 Å². The minimum atomic E-state index is -0.309. The number of anilines is 1. The third-order valence-corrected chi connectivity index (χ3v) is 7.47. The summed E-state index contributed by atoms with van der Waals surface area (Å²) in [6, 6.07) is 21.4. The minimum absolute atomic E-state index is 0.0943. The van der Waals surface area contributed by atoms with Crippen LogP contribution in [0.15, 0.2) is 77.8 Å². The van der Waals surface area contributed by atoms with E-state index in [4.69, 9.17) is 14.5 Å². The van der Waals surface area contributed by atoms with E-state index < -0.39 is 0 Å². The molecule has 1 aliphatic rings. The molecule has 4 aromatic rings. The third-order valence-electron chi connectivity index (χ3n) is 6.27. The van der Waals surface area contributed by atoms with Crippen LogP contribution < -0.4 is 14.8 Å². The number of methoxy groups -OCH3 is 1. The van der Waals surface area contributed by atoms with Gasteiger partial charge in [-0.25, -0.2) is 9.38 Å². The van der Waals surface area contributed by atoms with Gasteiger partial charge in [-0.3, -0.25) is 4.79 Å². The standard InChI is InChI=1S/C30H27FN2O3S/c1-35-26-17-20(15-16-25(26)36-19-21-9-5-7-13-24(21)31)18-32-30-28(23-12-6-8-14-27(23)37-30)29(34)33-22-10-3-2-4-11-22/h2-5,7,9-11,13,15-18H,6,8,12,14,19H2,1H3,(H,33,34). The van der Waals surface area contributed by atoms with Crippen molar-refractivity contribution in [2.45, 2.75) is 32.3 Å². The Morgan fingerprint density at radius 3 is 2.62 bits per heavy atom. The van der Waals surface area contributed by atoms with Gasteiger partial charge in [-0.05, 0) is 73.2 Å². The van der Waals surface area contributed by atoms with Gasteiger partial charge in [0.2, 0.25) is 0 Å². The van der Waals surface area contributed by atoms with Crippen molar-refractivity contribution >= 4 is 34.1 Å². The molecule has 0 saturated heterocycles. The minimum Gasteiger partial charge on any atom is -0.493 e. The monoisotopic (exact) mass is 514 g/mol. The molecule has 3 aromatic carbocycles.